The molecule has 0 radical (unpaired) electrons. The third kappa shape index (κ3) is 6.23. The van der Waals surface area contributed by atoms with Gasteiger partial charge in [0, 0.05) is 25.2 Å². The van der Waals surface area contributed by atoms with Crippen molar-refractivity contribution >= 4 is 30.7 Å². The van der Waals surface area contributed by atoms with Crippen LogP contribution in [0.1, 0.15) is 33.1 Å². The number of likely N-dealkylation sites (N-methyl/N-ethyl adjacent to an activating group) is 1. The molecule has 0 aromatic heterocycles. The predicted molar refractivity (Wildman–Crippen MR) is 80.6 cm³/mol. The van der Waals surface area contributed by atoms with Gasteiger partial charge in [-0.1, -0.05) is 6.42 Å². The zero-order chi connectivity index (χ0) is 12.1. The predicted octanol–water partition coefficient (Wildman–Crippen LogP) is 1.41. The van der Waals surface area contributed by atoms with E-state index in [0.717, 1.165) is 32.4 Å². The Morgan fingerprint density at radius 3 is 2.44 bits per heavy atom. The quantitative estimate of drug-likeness (QED) is 0.807. The van der Waals surface area contributed by atoms with Crippen molar-refractivity contribution in [2.45, 2.75) is 45.2 Å². The Labute approximate surface area is 123 Å². The van der Waals surface area contributed by atoms with E-state index in [2.05, 4.69) is 31.1 Å². The van der Waals surface area contributed by atoms with Crippen LogP contribution in [-0.4, -0.2) is 43.0 Å². The Hall–Kier alpha value is -0.0300. The van der Waals surface area contributed by atoms with Gasteiger partial charge in [-0.2, -0.15) is 0 Å². The summed E-state index contributed by atoms with van der Waals surface area (Å²) in [6.45, 7) is 5.91. The van der Waals surface area contributed by atoms with E-state index in [4.69, 9.17) is 5.73 Å². The van der Waals surface area contributed by atoms with Crippen LogP contribution in [0.2, 0.25) is 0 Å². The van der Waals surface area contributed by atoms with Crippen molar-refractivity contribution in [1.82, 2.24) is 10.2 Å². The van der Waals surface area contributed by atoms with Crippen molar-refractivity contribution in [3.05, 3.63) is 0 Å². The summed E-state index contributed by atoms with van der Waals surface area (Å²) in [6.07, 6.45) is 3.03. The fourth-order valence-electron chi connectivity index (χ4n) is 2.06. The largest absolute Gasteiger partial charge is 0.355 e. The van der Waals surface area contributed by atoms with E-state index in [-0.39, 0.29) is 42.7 Å². The number of nitrogens with two attached hydrogens (primary N) is 1. The van der Waals surface area contributed by atoms with Crippen molar-refractivity contribution in [2.24, 2.45) is 11.7 Å². The van der Waals surface area contributed by atoms with Gasteiger partial charge >= 0.3 is 0 Å². The standard InChI is InChI=1S/C12H25N3O.2ClH/c1-9(2)15(3)8-7-14-12(16)10-5-4-6-11(10)13;;/h9-11H,4-8,13H2,1-3H3,(H,14,16);2*1H. The third-order valence-corrected chi connectivity index (χ3v) is 3.55. The first-order valence-corrected chi connectivity index (χ1v) is 6.26. The fraction of sp³-hybridized carbons (Fsp3) is 0.917. The van der Waals surface area contributed by atoms with E-state index in [9.17, 15) is 4.79 Å². The van der Waals surface area contributed by atoms with Gasteiger partial charge < -0.3 is 16.0 Å². The lowest BCUT2D eigenvalue weighted by Crippen LogP contribution is -2.42. The lowest BCUT2D eigenvalue weighted by molar-refractivity contribution is -0.125. The van der Waals surface area contributed by atoms with Gasteiger partial charge in [0.15, 0.2) is 0 Å². The topological polar surface area (TPSA) is 58.4 Å². The number of nitrogens with zero attached hydrogens (tertiary/aromatic N) is 1. The Morgan fingerprint density at radius 1 is 1.39 bits per heavy atom. The molecule has 0 bridgehead atoms. The average Bonchev–Trinajstić information content (AvgIpc) is 2.64. The maximum absolute atomic E-state index is 11.8. The first kappa shape index (κ1) is 20.3. The van der Waals surface area contributed by atoms with Gasteiger partial charge in [-0.15, -0.1) is 24.8 Å². The first-order chi connectivity index (χ1) is 7.52. The molecule has 1 aliphatic carbocycles. The Kier molecular flexibility index (Phi) is 11.1. The molecule has 0 aromatic carbocycles. The summed E-state index contributed by atoms with van der Waals surface area (Å²) in [6, 6.07) is 0.591. The van der Waals surface area contributed by atoms with E-state index in [1.54, 1.807) is 0 Å². The van der Waals surface area contributed by atoms with E-state index in [0.29, 0.717) is 6.04 Å². The molecular formula is C12H27Cl2N3O. The lowest BCUT2D eigenvalue weighted by Gasteiger charge is -2.22. The number of carbonyl (C=O) groups is 1. The van der Waals surface area contributed by atoms with Crippen molar-refractivity contribution in [3.63, 3.8) is 0 Å². The van der Waals surface area contributed by atoms with Crippen LogP contribution < -0.4 is 11.1 Å². The molecule has 3 N–H and O–H groups in total. The number of hydrogen-bond donors (Lipinski definition) is 2. The van der Waals surface area contributed by atoms with Crippen LogP contribution in [0.4, 0.5) is 0 Å². The Balaban J connectivity index is 0. The lowest BCUT2D eigenvalue weighted by atomic mass is 10.0. The monoisotopic (exact) mass is 299 g/mol. The van der Waals surface area contributed by atoms with Gasteiger partial charge in [0.05, 0.1) is 5.92 Å². The molecule has 0 saturated heterocycles. The second-order valence-electron chi connectivity index (χ2n) is 5.07. The second kappa shape index (κ2) is 9.84. The minimum atomic E-state index is 0. The molecule has 4 nitrogen and oxygen atoms in total. The van der Waals surface area contributed by atoms with Gasteiger partial charge in [-0.05, 0) is 33.7 Å². The molecule has 0 aromatic rings. The van der Waals surface area contributed by atoms with Crippen molar-refractivity contribution in [3.8, 4) is 0 Å². The molecule has 0 aliphatic heterocycles. The molecule has 110 valence electrons. The van der Waals surface area contributed by atoms with Gasteiger partial charge in [-0.3, -0.25) is 4.79 Å². The molecule has 2 atom stereocenters. The zero-order valence-electron chi connectivity index (χ0n) is 11.5. The van der Waals surface area contributed by atoms with Gasteiger partial charge in [0.1, 0.15) is 0 Å². The van der Waals surface area contributed by atoms with E-state index >= 15 is 0 Å². The number of halogens is 2. The summed E-state index contributed by atoms with van der Waals surface area (Å²) in [4.78, 5) is 14.0. The van der Waals surface area contributed by atoms with Crippen LogP contribution in [0, 0.1) is 5.92 Å². The molecule has 1 amide bonds. The van der Waals surface area contributed by atoms with Crippen molar-refractivity contribution < 1.29 is 4.79 Å². The minimum absolute atomic E-state index is 0. The Morgan fingerprint density at radius 2 is 2.00 bits per heavy atom. The molecule has 0 spiro atoms. The highest BCUT2D eigenvalue weighted by Gasteiger charge is 2.29. The molecule has 1 saturated carbocycles. The second-order valence-corrected chi connectivity index (χ2v) is 5.07. The molecule has 0 heterocycles. The number of hydrogen-bond acceptors (Lipinski definition) is 3. The summed E-state index contributed by atoms with van der Waals surface area (Å²) < 4.78 is 0. The van der Waals surface area contributed by atoms with Crippen LogP contribution in [-0.2, 0) is 4.79 Å². The zero-order valence-corrected chi connectivity index (χ0v) is 13.1. The number of rotatable bonds is 5. The summed E-state index contributed by atoms with van der Waals surface area (Å²) >= 11 is 0. The first-order valence-electron chi connectivity index (χ1n) is 6.26. The molecule has 1 rings (SSSR count). The third-order valence-electron chi connectivity index (χ3n) is 3.55. The van der Waals surface area contributed by atoms with Gasteiger partial charge in [-0.25, -0.2) is 0 Å². The maximum Gasteiger partial charge on any atom is 0.224 e. The summed E-state index contributed by atoms with van der Waals surface area (Å²) in [5.41, 5.74) is 5.89. The highest BCUT2D eigenvalue weighted by Crippen LogP contribution is 2.23. The van der Waals surface area contributed by atoms with E-state index < -0.39 is 0 Å². The molecule has 6 heteroatoms. The van der Waals surface area contributed by atoms with E-state index in [1.807, 2.05) is 0 Å². The van der Waals surface area contributed by atoms with Gasteiger partial charge in [0.2, 0.25) is 5.91 Å². The molecule has 2 unspecified atom stereocenters. The summed E-state index contributed by atoms with van der Waals surface area (Å²) in [7, 11) is 2.07. The number of carbonyl (C=O) groups excluding carboxylic acids is 1. The maximum atomic E-state index is 11.8. The molecule has 1 fully saturated rings. The van der Waals surface area contributed by atoms with Crippen LogP contribution in [0.15, 0.2) is 0 Å². The normalized spacial score (nSPS) is 22.6. The smallest absolute Gasteiger partial charge is 0.224 e. The number of nitrogens with one attached hydrogen (secondary N) is 1. The summed E-state index contributed by atoms with van der Waals surface area (Å²) in [5, 5.41) is 2.98. The SMILES string of the molecule is CC(C)N(C)CCNC(=O)C1CCCC1N.Cl.Cl. The van der Waals surface area contributed by atoms with Crippen LogP contribution >= 0.6 is 24.8 Å². The van der Waals surface area contributed by atoms with Crippen LogP contribution in [0.3, 0.4) is 0 Å². The molecule has 1 aliphatic rings. The highest BCUT2D eigenvalue weighted by atomic mass is 35.5. The van der Waals surface area contributed by atoms with Crippen LogP contribution in [0.25, 0.3) is 0 Å². The minimum Gasteiger partial charge on any atom is -0.355 e. The Bertz CT molecular complexity index is 239. The van der Waals surface area contributed by atoms with Crippen molar-refractivity contribution in [2.75, 3.05) is 20.1 Å². The van der Waals surface area contributed by atoms with Gasteiger partial charge in [0.25, 0.3) is 0 Å². The highest BCUT2D eigenvalue weighted by molar-refractivity contribution is 5.85. The van der Waals surface area contributed by atoms with E-state index in [1.165, 1.54) is 0 Å². The molecular weight excluding hydrogens is 273 g/mol. The summed E-state index contributed by atoms with van der Waals surface area (Å²) in [5.74, 6) is 0.187. The average molecular weight is 300 g/mol. The fourth-order valence-corrected chi connectivity index (χ4v) is 2.06. The molecule has 18 heavy (non-hydrogen) atoms. The number of amides is 1. The van der Waals surface area contributed by atoms with Crippen LogP contribution in [0.5, 0.6) is 0 Å². The van der Waals surface area contributed by atoms with Crippen molar-refractivity contribution in [1.29, 1.82) is 0 Å².